The fraction of sp³-hybridized carbons (Fsp3) is 0.857. The minimum Gasteiger partial charge on any atom is -0.301 e. The highest BCUT2D eigenvalue weighted by molar-refractivity contribution is 4.98. The maximum atomic E-state index is 3.25. The van der Waals surface area contributed by atoms with Gasteiger partial charge in [0.1, 0.15) is 0 Å². The van der Waals surface area contributed by atoms with Crippen LogP contribution < -0.4 is 0 Å². The van der Waals surface area contributed by atoms with Crippen molar-refractivity contribution >= 4 is 0 Å². The minimum absolute atomic E-state index is 0.728. The van der Waals surface area contributed by atoms with E-state index in [4.69, 9.17) is 0 Å². The number of hydrogen-bond acceptors (Lipinski definition) is 1. The molecule has 1 nitrogen and oxygen atoms in total. The number of rotatable bonds is 3. The molecule has 0 spiro atoms. The quantitative estimate of drug-likeness (QED) is 0.642. The number of likely N-dealkylation sites (tertiary alicyclic amines) is 1. The van der Waals surface area contributed by atoms with E-state index in [1.54, 1.807) is 0 Å². The van der Waals surface area contributed by atoms with E-state index >= 15 is 0 Å². The van der Waals surface area contributed by atoms with E-state index in [0.717, 1.165) is 24.8 Å². The molecule has 0 atom stereocenters. The van der Waals surface area contributed by atoms with Crippen LogP contribution in [0, 0.1) is 17.8 Å². The molecular formula is C14H25N. The molecule has 1 saturated heterocycles. The van der Waals surface area contributed by atoms with Crippen molar-refractivity contribution in [3.63, 3.8) is 0 Å². The minimum atomic E-state index is 0.728. The smallest absolute Gasteiger partial charge is 0.00913 e. The topological polar surface area (TPSA) is 3.24 Å². The zero-order valence-electron chi connectivity index (χ0n) is 10.6. The molecule has 0 saturated carbocycles. The molecule has 1 aliphatic heterocycles. The predicted octanol–water partition coefficient (Wildman–Crippen LogP) is 3.30. The molecule has 1 aliphatic rings. The molecule has 86 valence electrons. The summed E-state index contributed by atoms with van der Waals surface area (Å²) in [6, 6.07) is 0.728. The Bertz CT molecular complexity index is 213. The van der Waals surface area contributed by atoms with E-state index in [1.807, 2.05) is 0 Å². The van der Waals surface area contributed by atoms with Gasteiger partial charge in [-0.1, -0.05) is 6.92 Å². The molecule has 0 radical (unpaired) electrons. The highest BCUT2D eigenvalue weighted by atomic mass is 15.1. The monoisotopic (exact) mass is 207 g/mol. The zero-order valence-corrected chi connectivity index (χ0v) is 10.6. The van der Waals surface area contributed by atoms with Crippen LogP contribution in [0.5, 0.6) is 0 Å². The summed E-state index contributed by atoms with van der Waals surface area (Å²) in [5.41, 5.74) is 0. The van der Waals surface area contributed by atoms with Gasteiger partial charge < -0.3 is 4.90 Å². The third kappa shape index (κ3) is 4.71. The largest absolute Gasteiger partial charge is 0.301 e. The maximum Gasteiger partial charge on any atom is 0.00913 e. The standard InChI is InChI=1S/C14H25N/c1-4-5-6-7-8-14-9-11-15(12-10-14)13(2)3/h13-14H,4,7-12H2,1-3H3. The molecular weight excluding hydrogens is 182 g/mol. The first-order valence-corrected chi connectivity index (χ1v) is 6.43. The number of piperidine rings is 1. The first kappa shape index (κ1) is 12.6. The molecule has 0 amide bonds. The van der Waals surface area contributed by atoms with Crippen molar-refractivity contribution < 1.29 is 0 Å². The molecule has 0 unspecified atom stereocenters. The Balaban J connectivity index is 2.14. The van der Waals surface area contributed by atoms with Gasteiger partial charge in [0.05, 0.1) is 0 Å². The summed E-state index contributed by atoms with van der Waals surface area (Å²) >= 11 is 0. The fourth-order valence-electron chi connectivity index (χ4n) is 2.25. The van der Waals surface area contributed by atoms with Crippen LogP contribution in [0.1, 0.15) is 52.9 Å². The van der Waals surface area contributed by atoms with Crippen LogP contribution in [0.25, 0.3) is 0 Å². The highest BCUT2D eigenvalue weighted by Gasteiger charge is 2.19. The van der Waals surface area contributed by atoms with Gasteiger partial charge in [-0.15, -0.1) is 11.8 Å². The summed E-state index contributed by atoms with van der Waals surface area (Å²) in [5, 5.41) is 0. The Hall–Kier alpha value is -0.480. The van der Waals surface area contributed by atoms with Gasteiger partial charge >= 0.3 is 0 Å². The normalized spacial score (nSPS) is 18.9. The van der Waals surface area contributed by atoms with E-state index < -0.39 is 0 Å². The first-order chi connectivity index (χ1) is 7.24. The lowest BCUT2D eigenvalue weighted by Crippen LogP contribution is -2.38. The average Bonchev–Trinajstić information content (AvgIpc) is 2.25. The molecule has 1 fully saturated rings. The molecule has 0 aromatic heterocycles. The van der Waals surface area contributed by atoms with Crippen molar-refractivity contribution in [3.05, 3.63) is 0 Å². The van der Waals surface area contributed by atoms with Crippen molar-refractivity contribution in [2.24, 2.45) is 5.92 Å². The number of nitrogens with zero attached hydrogens (tertiary/aromatic N) is 1. The van der Waals surface area contributed by atoms with Gasteiger partial charge in [0.15, 0.2) is 0 Å². The highest BCUT2D eigenvalue weighted by Crippen LogP contribution is 2.22. The summed E-state index contributed by atoms with van der Waals surface area (Å²) in [5.74, 6) is 7.34. The van der Waals surface area contributed by atoms with Crippen molar-refractivity contribution in [1.29, 1.82) is 0 Å². The van der Waals surface area contributed by atoms with Crippen LogP contribution >= 0.6 is 0 Å². The van der Waals surface area contributed by atoms with E-state index in [1.165, 1.54) is 32.4 Å². The summed E-state index contributed by atoms with van der Waals surface area (Å²) in [6.45, 7) is 9.31. The predicted molar refractivity (Wildman–Crippen MR) is 66.7 cm³/mol. The van der Waals surface area contributed by atoms with Crippen LogP contribution in [-0.4, -0.2) is 24.0 Å². The maximum absolute atomic E-state index is 3.25. The Morgan fingerprint density at radius 1 is 1.20 bits per heavy atom. The molecule has 0 bridgehead atoms. The fourth-order valence-corrected chi connectivity index (χ4v) is 2.25. The lowest BCUT2D eigenvalue weighted by atomic mass is 9.92. The third-order valence-electron chi connectivity index (χ3n) is 3.36. The molecule has 0 aliphatic carbocycles. The Kier molecular flexibility index (Phi) is 5.79. The SMILES string of the molecule is CCC#CCCC1CCN(C(C)C)CC1. The average molecular weight is 207 g/mol. The van der Waals surface area contributed by atoms with Gasteiger partial charge in [-0.3, -0.25) is 0 Å². The molecule has 1 rings (SSSR count). The molecule has 1 heteroatoms. The lowest BCUT2D eigenvalue weighted by molar-refractivity contribution is 0.146. The van der Waals surface area contributed by atoms with Crippen LogP contribution in [0.4, 0.5) is 0 Å². The van der Waals surface area contributed by atoms with E-state index in [-0.39, 0.29) is 0 Å². The summed E-state index contributed by atoms with van der Waals surface area (Å²) in [6.07, 6.45) is 6.20. The second-order valence-corrected chi connectivity index (χ2v) is 4.82. The summed E-state index contributed by atoms with van der Waals surface area (Å²) in [4.78, 5) is 2.59. The molecule has 1 heterocycles. The Morgan fingerprint density at radius 3 is 2.40 bits per heavy atom. The van der Waals surface area contributed by atoms with Gasteiger partial charge in [-0.2, -0.15) is 0 Å². The Morgan fingerprint density at radius 2 is 1.87 bits per heavy atom. The van der Waals surface area contributed by atoms with Crippen molar-refractivity contribution in [2.75, 3.05) is 13.1 Å². The summed E-state index contributed by atoms with van der Waals surface area (Å²) in [7, 11) is 0. The molecule has 0 aromatic carbocycles. The number of hydrogen-bond donors (Lipinski definition) is 0. The van der Waals surface area contributed by atoms with Crippen LogP contribution in [0.15, 0.2) is 0 Å². The lowest BCUT2D eigenvalue weighted by Gasteiger charge is -2.34. The third-order valence-corrected chi connectivity index (χ3v) is 3.36. The molecule has 0 N–H and O–H groups in total. The van der Waals surface area contributed by atoms with E-state index in [2.05, 4.69) is 37.5 Å². The van der Waals surface area contributed by atoms with Crippen molar-refractivity contribution in [3.8, 4) is 11.8 Å². The van der Waals surface area contributed by atoms with Crippen LogP contribution in [0.3, 0.4) is 0 Å². The van der Waals surface area contributed by atoms with Crippen LogP contribution in [-0.2, 0) is 0 Å². The summed E-state index contributed by atoms with van der Waals surface area (Å²) < 4.78 is 0. The first-order valence-electron chi connectivity index (χ1n) is 6.43. The Labute approximate surface area is 95.2 Å². The van der Waals surface area contributed by atoms with E-state index in [9.17, 15) is 0 Å². The molecule has 15 heavy (non-hydrogen) atoms. The van der Waals surface area contributed by atoms with Gasteiger partial charge in [-0.25, -0.2) is 0 Å². The van der Waals surface area contributed by atoms with Gasteiger partial charge in [-0.05, 0) is 52.1 Å². The van der Waals surface area contributed by atoms with Crippen molar-refractivity contribution in [2.45, 2.75) is 58.9 Å². The second kappa shape index (κ2) is 6.90. The second-order valence-electron chi connectivity index (χ2n) is 4.82. The van der Waals surface area contributed by atoms with Crippen molar-refractivity contribution in [1.82, 2.24) is 4.90 Å². The van der Waals surface area contributed by atoms with Crippen LogP contribution in [0.2, 0.25) is 0 Å². The molecule has 0 aromatic rings. The van der Waals surface area contributed by atoms with Gasteiger partial charge in [0, 0.05) is 18.9 Å². The van der Waals surface area contributed by atoms with Gasteiger partial charge in [0.2, 0.25) is 0 Å². The van der Waals surface area contributed by atoms with E-state index in [0.29, 0.717) is 0 Å². The van der Waals surface area contributed by atoms with Gasteiger partial charge in [0.25, 0.3) is 0 Å². The zero-order chi connectivity index (χ0) is 11.1.